The smallest absolute Gasteiger partial charge is 0.248 e. The number of nitrogens with one attached hydrogen (secondary N) is 6. The lowest BCUT2D eigenvalue weighted by Gasteiger charge is -2.32. The van der Waals surface area contributed by atoms with E-state index in [1.807, 2.05) is 13.8 Å². The van der Waals surface area contributed by atoms with Gasteiger partial charge in [-0.1, -0.05) is 45.0 Å². The van der Waals surface area contributed by atoms with Crippen LogP contribution in [-0.4, -0.2) is 111 Å². The predicted molar refractivity (Wildman–Crippen MR) is 294 cm³/mol. The highest BCUT2D eigenvalue weighted by Crippen LogP contribution is 2.47. The minimum atomic E-state index is -1.91. The van der Waals surface area contributed by atoms with E-state index in [9.17, 15) is 49.2 Å². The summed E-state index contributed by atoms with van der Waals surface area (Å²) in [6.45, 7) is 11.4. The fraction of sp³-hybridized carbons (Fsp3) is 0.356. The SMILES string of the molecule is CC(=O)[C@@H]1NC(=O)[C@H]2NC(=O)[C@H](NC(=O)[C@@H]3NC(=O)[C@H](CC(N)=O)NC(=O)[C@H](NC(=O)[C@@H](CC(C)C)N(C)C)[C@H](O)c4ccc(c(C)c4)Oc4cc(cc3c4)Oc3ccc(cc3C)[C@H]2C)c2ccc(O)c(c2)-c2c1cc(O)c(C)c2O. The molecule has 7 amide bonds. The number of amides is 7. The van der Waals surface area contributed by atoms with Crippen molar-refractivity contribution in [3.8, 4) is 51.4 Å². The van der Waals surface area contributed by atoms with E-state index < -0.39 is 125 Å². The second kappa shape index (κ2) is 23.4. The summed E-state index contributed by atoms with van der Waals surface area (Å²) in [6.07, 6.45) is -2.26. The maximum Gasteiger partial charge on any atom is 0.248 e. The Labute approximate surface area is 466 Å². The minimum Gasteiger partial charge on any atom is -0.508 e. The van der Waals surface area contributed by atoms with Gasteiger partial charge in [-0.2, -0.15) is 0 Å². The molecule has 22 nitrogen and oxygen atoms in total. The number of aromatic hydroxyl groups is 3. The third kappa shape index (κ3) is 12.3. The number of benzene rings is 5. The van der Waals surface area contributed by atoms with Gasteiger partial charge in [0, 0.05) is 28.7 Å². The van der Waals surface area contributed by atoms with Crippen molar-refractivity contribution in [2.75, 3.05) is 14.1 Å². The molecule has 426 valence electrons. The van der Waals surface area contributed by atoms with E-state index in [0.29, 0.717) is 23.1 Å². The maximum absolute atomic E-state index is 15.5. The van der Waals surface area contributed by atoms with Crippen LogP contribution in [0.4, 0.5) is 0 Å². The number of phenols is 3. The van der Waals surface area contributed by atoms with Crippen molar-refractivity contribution in [2.24, 2.45) is 11.7 Å². The average molecular weight is 1110 g/mol. The molecule has 81 heavy (non-hydrogen) atoms. The Morgan fingerprint density at radius 1 is 0.679 bits per heavy atom. The van der Waals surface area contributed by atoms with Gasteiger partial charge in [0.15, 0.2) is 5.78 Å². The van der Waals surface area contributed by atoms with Crippen LogP contribution in [-0.2, 0) is 38.4 Å². The molecule has 5 aromatic rings. The number of hydrogen-bond donors (Lipinski definition) is 11. The van der Waals surface area contributed by atoms with Gasteiger partial charge in [0.1, 0.15) is 82.6 Å². The summed E-state index contributed by atoms with van der Waals surface area (Å²) in [6, 6.07) is 7.54. The Morgan fingerprint density at radius 2 is 1.26 bits per heavy atom. The van der Waals surface area contributed by atoms with Crippen molar-refractivity contribution >= 4 is 47.1 Å². The number of aliphatic hydroxyl groups is 1. The summed E-state index contributed by atoms with van der Waals surface area (Å²) < 4.78 is 13.0. The number of phenolic OH excluding ortho intramolecular Hbond substituents is 3. The zero-order valence-corrected chi connectivity index (χ0v) is 46.1. The number of aliphatic hydroxyl groups excluding tert-OH is 1. The molecule has 5 heterocycles. The number of aryl methyl sites for hydroxylation is 2. The molecule has 0 spiro atoms. The van der Waals surface area contributed by atoms with E-state index in [4.69, 9.17) is 15.2 Å². The largest absolute Gasteiger partial charge is 0.508 e. The molecule has 10 rings (SSSR count). The van der Waals surface area contributed by atoms with E-state index in [2.05, 4.69) is 31.9 Å². The highest BCUT2D eigenvalue weighted by Gasteiger charge is 2.41. The van der Waals surface area contributed by atoms with Crippen LogP contribution >= 0.6 is 0 Å². The highest BCUT2D eigenvalue weighted by atomic mass is 16.5. The molecule has 0 saturated heterocycles. The summed E-state index contributed by atoms with van der Waals surface area (Å²) >= 11 is 0. The lowest BCUT2D eigenvalue weighted by Crippen LogP contribution is -2.59. The van der Waals surface area contributed by atoms with Crippen LogP contribution in [0.2, 0.25) is 0 Å². The second-order valence-corrected chi connectivity index (χ2v) is 21.6. The van der Waals surface area contributed by atoms with Crippen molar-refractivity contribution in [3.05, 3.63) is 123 Å². The zero-order chi connectivity index (χ0) is 59.0. The molecular weight excluding hydrogens is 1040 g/mol. The summed E-state index contributed by atoms with van der Waals surface area (Å²) in [5.41, 5.74) is 6.70. The van der Waals surface area contributed by atoms with Gasteiger partial charge >= 0.3 is 0 Å². The van der Waals surface area contributed by atoms with Crippen LogP contribution in [0.1, 0.15) is 115 Å². The van der Waals surface area contributed by atoms with Crippen LogP contribution in [0.15, 0.2) is 78.9 Å². The third-order valence-corrected chi connectivity index (χ3v) is 14.9. The van der Waals surface area contributed by atoms with E-state index in [0.717, 1.165) is 0 Å². The van der Waals surface area contributed by atoms with Crippen molar-refractivity contribution in [2.45, 2.75) is 116 Å². The van der Waals surface area contributed by atoms with Gasteiger partial charge in [0.05, 0.1) is 12.5 Å². The Balaban J connectivity index is 1.35. The van der Waals surface area contributed by atoms with Gasteiger partial charge in [-0.25, -0.2) is 0 Å². The molecule has 0 aliphatic carbocycles. The second-order valence-electron chi connectivity index (χ2n) is 21.6. The fourth-order valence-corrected chi connectivity index (χ4v) is 10.3. The van der Waals surface area contributed by atoms with E-state index in [-0.39, 0.29) is 67.9 Å². The Kier molecular flexibility index (Phi) is 16.8. The first-order valence-electron chi connectivity index (χ1n) is 26.3. The first-order chi connectivity index (χ1) is 38.2. The highest BCUT2D eigenvalue weighted by molar-refractivity contribution is 6.01. The van der Waals surface area contributed by atoms with E-state index in [1.165, 1.54) is 68.4 Å². The van der Waals surface area contributed by atoms with E-state index in [1.54, 1.807) is 64.0 Å². The molecule has 0 unspecified atom stereocenters. The molecule has 12 N–H and O–H groups in total. The number of likely N-dealkylation sites (N-methyl/N-ethyl adjacent to an activating group) is 1. The number of ether oxygens (including phenoxy) is 2. The first kappa shape index (κ1) is 58.1. The van der Waals surface area contributed by atoms with Gasteiger partial charge in [0.2, 0.25) is 41.4 Å². The van der Waals surface area contributed by atoms with Crippen molar-refractivity contribution in [3.63, 3.8) is 0 Å². The monoisotopic (exact) mass is 1110 g/mol. The minimum absolute atomic E-state index is 0.0289. The maximum atomic E-state index is 15.5. The Morgan fingerprint density at radius 3 is 1.85 bits per heavy atom. The number of nitrogens with zero attached hydrogens (tertiary/aromatic N) is 1. The van der Waals surface area contributed by atoms with E-state index >= 15 is 9.59 Å². The van der Waals surface area contributed by atoms with Crippen molar-refractivity contribution in [1.82, 2.24) is 36.8 Å². The molecular formula is C59H66N8O14. The summed E-state index contributed by atoms with van der Waals surface area (Å²) in [4.78, 5) is 117. The molecule has 0 aromatic heterocycles. The van der Waals surface area contributed by atoms with Gasteiger partial charge in [-0.05, 0) is 142 Å². The number of hydrogen-bond acceptors (Lipinski definition) is 15. The normalized spacial score (nSPS) is 22.4. The lowest BCUT2D eigenvalue weighted by atomic mass is 9.86. The molecule has 5 aliphatic rings. The summed E-state index contributed by atoms with van der Waals surface area (Å²) in [7, 11) is 3.36. The fourth-order valence-electron chi connectivity index (χ4n) is 10.3. The average Bonchev–Trinajstić information content (AvgIpc) is 3.56. The molecule has 0 saturated carbocycles. The molecule has 11 bridgehead atoms. The van der Waals surface area contributed by atoms with Crippen LogP contribution in [0.3, 0.4) is 0 Å². The summed E-state index contributed by atoms with van der Waals surface area (Å²) in [5, 5.41) is 62.3. The molecule has 5 aliphatic heterocycles. The number of ketones is 1. The molecule has 5 aromatic carbocycles. The van der Waals surface area contributed by atoms with Crippen molar-refractivity contribution in [1.29, 1.82) is 0 Å². The Bertz CT molecular complexity index is 3400. The van der Waals surface area contributed by atoms with Crippen molar-refractivity contribution < 1.29 is 68.3 Å². The van der Waals surface area contributed by atoms with Crippen LogP contribution in [0.25, 0.3) is 11.1 Å². The van der Waals surface area contributed by atoms with Crippen LogP contribution in [0.5, 0.6) is 40.2 Å². The Hall–Kier alpha value is -9.02. The third-order valence-electron chi connectivity index (χ3n) is 14.9. The quantitative estimate of drug-likeness (QED) is 0.104. The number of carbonyl (C=O) groups excluding carboxylic acids is 8. The number of nitrogens with two attached hydrogens (primary N) is 1. The standard InChI is InChI=1S/C59H66N8O14/c1-25(2)16-40(67(8)9)55(75)66-51-53(73)33-12-15-44(27(4)18-33)81-36-20-34-19-35(22-36)80-43-14-11-31(17-26(43)3)28(5)47-56(76)63-48(30(7)68)38-23-42(70)29(6)52(72)46(38)37-21-32(10-13-41(37)69)49(57(77)62-47)65-58(78)50(34)64-54(74)39(24-45(60)71)61-59(51)79/h10-15,17-23,25,28,39-40,47-51,53,69-70,72-73H,16,24H2,1-9H3,(H2,60,71)(H,61,79)(H,62,77)(H,63,76)(H,64,74)(H,65,78)(H,66,75)/t28-,39+,40-,47+,48+,49-,50-,51-,53-/m1/s1. The van der Waals surface area contributed by atoms with Gasteiger partial charge < -0.3 is 67.5 Å². The molecule has 0 fully saturated rings. The number of carbonyl (C=O) groups is 8. The zero-order valence-electron chi connectivity index (χ0n) is 46.1. The molecule has 9 atom stereocenters. The first-order valence-corrected chi connectivity index (χ1v) is 26.3. The van der Waals surface area contributed by atoms with Gasteiger partial charge in [-0.15, -0.1) is 0 Å². The number of fused-ring (bicyclic) bond motifs is 15. The number of rotatable bonds is 8. The number of primary amides is 1. The molecule has 22 heteroatoms. The van der Waals surface area contributed by atoms with Gasteiger partial charge in [0.25, 0.3) is 0 Å². The predicted octanol–water partition coefficient (Wildman–Crippen LogP) is 4.23. The topological polar surface area (TPSA) is 337 Å². The lowest BCUT2D eigenvalue weighted by molar-refractivity contribution is -0.138. The molecule has 0 radical (unpaired) electrons. The number of Topliss-reactive ketones (excluding diaryl/α,β-unsaturated/α-hetero) is 1. The summed E-state index contributed by atoms with van der Waals surface area (Å²) in [5.74, 6) is -9.42. The van der Waals surface area contributed by atoms with Gasteiger partial charge in [-0.3, -0.25) is 43.3 Å². The van der Waals surface area contributed by atoms with Crippen LogP contribution < -0.4 is 47.1 Å². The van der Waals surface area contributed by atoms with Crippen LogP contribution in [0, 0.1) is 26.7 Å².